The lowest BCUT2D eigenvalue weighted by Crippen LogP contribution is -2.14. The molecule has 1 fully saturated rings. The molecule has 1 saturated heterocycles. The van der Waals surface area contributed by atoms with Gasteiger partial charge in [-0.15, -0.1) is 10.2 Å². The summed E-state index contributed by atoms with van der Waals surface area (Å²) in [7, 11) is 0. The van der Waals surface area contributed by atoms with Gasteiger partial charge >= 0.3 is 0 Å². The molecular formula is C13H18N4S. The molecule has 0 atom stereocenters. The first-order valence-electron chi connectivity index (χ1n) is 6.47. The number of nitrogens with two attached hydrogens (primary N) is 1. The number of fused-ring (bicyclic) bond motifs is 1. The summed E-state index contributed by atoms with van der Waals surface area (Å²) in [5.41, 5.74) is 7.66. The maximum Gasteiger partial charge on any atom is 0.161 e. The lowest BCUT2D eigenvalue weighted by Gasteiger charge is -2.20. The second-order valence-electron chi connectivity index (χ2n) is 4.84. The minimum atomic E-state index is 0.554. The average Bonchev–Trinajstić information content (AvgIpc) is 2.82. The summed E-state index contributed by atoms with van der Waals surface area (Å²) in [4.78, 5) is 0. The zero-order valence-corrected chi connectivity index (χ0v) is 11.2. The first kappa shape index (κ1) is 12.0. The molecule has 18 heavy (non-hydrogen) atoms. The Morgan fingerprint density at radius 3 is 2.94 bits per heavy atom. The van der Waals surface area contributed by atoms with Crippen molar-refractivity contribution >= 4 is 17.4 Å². The second-order valence-corrected chi connectivity index (χ2v) is 6.07. The molecule has 0 aromatic carbocycles. The van der Waals surface area contributed by atoms with Crippen LogP contribution in [0.3, 0.4) is 0 Å². The Balaban J connectivity index is 1.83. The summed E-state index contributed by atoms with van der Waals surface area (Å²) in [6.45, 7) is 0.554. The molecule has 0 spiro atoms. The fourth-order valence-corrected chi connectivity index (χ4v) is 3.66. The predicted octanol–water partition coefficient (Wildman–Crippen LogP) is 1.87. The molecule has 4 nitrogen and oxygen atoms in total. The van der Waals surface area contributed by atoms with Crippen molar-refractivity contribution < 1.29 is 0 Å². The molecule has 3 rings (SSSR count). The molecule has 96 valence electrons. The Bertz CT molecular complexity index is 531. The molecule has 0 radical (unpaired) electrons. The van der Waals surface area contributed by atoms with Gasteiger partial charge in [-0.3, -0.25) is 4.40 Å². The van der Waals surface area contributed by atoms with Crippen molar-refractivity contribution in [1.82, 2.24) is 14.6 Å². The topological polar surface area (TPSA) is 56.2 Å². The first-order valence-corrected chi connectivity index (χ1v) is 7.62. The average molecular weight is 262 g/mol. The fourth-order valence-electron chi connectivity index (χ4n) is 2.46. The molecule has 2 aromatic heterocycles. The van der Waals surface area contributed by atoms with E-state index < -0.39 is 0 Å². The molecule has 5 heteroatoms. The van der Waals surface area contributed by atoms with Crippen molar-refractivity contribution in [2.24, 2.45) is 11.7 Å². The van der Waals surface area contributed by atoms with Crippen LogP contribution >= 0.6 is 11.8 Å². The number of nitrogens with zero attached hydrogens (tertiary/aromatic N) is 3. The SMILES string of the molecule is NCc1ccn2c(CC3CCSCC3)nnc2c1. The van der Waals surface area contributed by atoms with Gasteiger partial charge in [-0.25, -0.2) is 0 Å². The van der Waals surface area contributed by atoms with Crippen LogP contribution in [0.15, 0.2) is 18.3 Å². The predicted molar refractivity (Wildman–Crippen MR) is 74.6 cm³/mol. The van der Waals surface area contributed by atoms with E-state index >= 15 is 0 Å². The van der Waals surface area contributed by atoms with Gasteiger partial charge in [0.05, 0.1) is 0 Å². The summed E-state index contributed by atoms with van der Waals surface area (Å²) >= 11 is 2.06. The Morgan fingerprint density at radius 2 is 2.17 bits per heavy atom. The van der Waals surface area contributed by atoms with Gasteiger partial charge in [-0.1, -0.05) is 0 Å². The molecular weight excluding hydrogens is 244 g/mol. The molecule has 1 aliphatic heterocycles. The van der Waals surface area contributed by atoms with Gasteiger partial charge in [-0.05, 0) is 48.0 Å². The van der Waals surface area contributed by atoms with Crippen LogP contribution in [0, 0.1) is 5.92 Å². The minimum Gasteiger partial charge on any atom is -0.326 e. The third-order valence-electron chi connectivity index (χ3n) is 3.59. The Hall–Kier alpha value is -1.07. The van der Waals surface area contributed by atoms with E-state index in [2.05, 4.69) is 32.4 Å². The van der Waals surface area contributed by atoms with Crippen LogP contribution in [0.2, 0.25) is 0 Å². The highest BCUT2D eigenvalue weighted by Crippen LogP contribution is 2.25. The maximum absolute atomic E-state index is 5.64. The van der Waals surface area contributed by atoms with Crippen molar-refractivity contribution in [1.29, 1.82) is 0 Å². The molecule has 1 aliphatic rings. The molecule has 0 amide bonds. The van der Waals surface area contributed by atoms with Crippen LogP contribution in [-0.4, -0.2) is 26.1 Å². The second kappa shape index (κ2) is 5.28. The van der Waals surface area contributed by atoms with Gasteiger partial charge in [0.1, 0.15) is 5.82 Å². The number of pyridine rings is 1. The monoisotopic (exact) mass is 262 g/mol. The summed E-state index contributed by atoms with van der Waals surface area (Å²) < 4.78 is 2.10. The van der Waals surface area contributed by atoms with E-state index in [-0.39, 0.29) is 0 Å². The molecule has 0 aliphatic carbocycles. The standard InChI is InChI=1S/C13H18N4S/c14-9-11-1-4-17-12(15-16-13(17)8-11)7-10-2-5-18-6-3-10/h1,4,8,10H,2-3,5-7,9,14H2. The molecule has 2 N–H and O–H groups in total. The smallest absolute Gasteiger partial charge is 0.161 e. The third kappa shape index (κ3) is 2.37. The number of hydrogen-bond acceptors (Lipinski definition) is 4. The Labute approximate surface area is 111 Å². The van der Waals surface area contributed by atoms with Crippen molar-refractivity contribution in [2.45, 2.75) is 25.8 Å². The Morgan fingerprint density at radius 1 is 1.33 bits per heavy atom. The van der Waals surface area contributed by atoms with Crippen LogP contribution in [0.4, 0.5) is 0 Å². The van der Waals surface area contributed by atoms with Crippen molar-refractivity contribution in [3.05, 3.63) is 29.7 Å². The lowest BCUT2D eigenvalue weighted by molar-refractivity contribution is 0.474. The van der Waals surface area contributed by atoms with Gasteiger partial charge in [0.25, 0.3) is 0 Å². The van der Waals surface area contributed by atoms with E-state index in [9.17, 15) is 0 Å². The molecule has 0 bridgehead atoms. The third-order valence-corrected chi connectivity index (χ3v) is 4.64. The number of thioether (sulfide) groups is 1. The number of aromatic nitrogens is 3. The highest BCUT2D eigenvalue weighted by Gasteiger charge is 2.17. The van der Waals surface area contributed by atoms with Crippen LogP contribution in [0.1, 0.15) is 24.2 Å². The zero-order chi connectivity index (χ0) is 12.4. The van der Waals surface area contributed by atoms with E-state index in [1.807, 2.05) is 12.3 Å². The number of hydrogen-bond donors (Lipinski definition) is 1. The van der Waals surface area contributed by atoms with Crippen molar-refractivity contribution in [3.8, 4) is 0 Å². The number of rotatable bonds is 3. The van der Waals surface area contributed by atoms with Crippen LogP contribution < -0.4 is 5.73 Å². The summed E-state index contributed by atoms with van der Waals surface area (Å²) in [6, 6.07) is 4.07. The van der Waals surface area contributed by atoms with Crippen molar-refractivity contribution in [3.63, 3.8) is 0 Å². The molecule has 3 heterocycles. The summed E-state index contributed by atoms with van der Waals surface area (Å²) in [5, 5.41) is 8.58. The maximum atomic E-state index is 5.64. The van der Waals surface area contributed by atoms with Crippen molar-refractivity contribution in [2.75, 3.05) is 11.5 Å². The van der Waals surface area contributed by atoms with E-state index in [1.54, 1.807) is 0 Å². The van der Waals surface area contributed by atoms with Gasteiger partial charge in [0.15, 0.2) is 5.65 Å². The molecule has 0 saturated carbocycles. The molecule has 0 unspecified atom stereocenters. The highest BCUT2D eigenvalue weighted by atomic mass is 32.2. The lowest BCUT2D eigenvalue weighted by atomic mass is 9.98. The van der Waals surface area contributed by atoms with Crippen LogP contribution in [0.25, 0.3) is 5.65 Å². The van der Waals surface area contributed by atoms with Gasteiger partial charge in [0.2, 0.25) is 0 Å². The normalized spacial score (nSPS) is 17.4. The quantitative estimate of drug-likeness (QED) is 0.917. The van der Waals surface area contributed by atoms with E-state index in [1.165, 1.54) is 24.3 Å². The summed E-state index contributed by atoms with van der Waals surface area (Å²) in [5.74, 6) is 4.44. The molecule has 2 aromatic rings. The highest BCUT2D eigenvalue weighted by molar-refractivity contribution is 7.99. The van der Waals surface area contributed by atoms with E-state index in [0.717, 1.165) is 29.4 Å². The van der Waals surface area contributed by atoms with Gasteiger partial charge in [0, 0.05) is 19.2 Å². The largest absolute Gasteiger partial charge is 0.326 e. The van der Waals surface area contributed by atoms with Crippen LogP contribution in [-0.2, 0) is 13.0 Å². The van der Waals surface area contributed by atoms with Gasteiger partial charge < -0.3 is 5.73 Å². The van der Waals surface area contributed by atoms with E-state index in [0.29, 0.717) is 6.54 Å². The van der Waals surface area contributed by atoms with Crippen LogP contribution in [0.5, 0.6) is 0 Å². The van der Waals surface area contributed by atoms with Gasteiger partial charge in [-0.2, -0.15) is 11.8 Å². The Kier molecular flexibility index (Phi) is 3.52. The first-order chi connectivity index (χ1) is 8.86. The summed E-state index contributed by atoms with van der Waals surface area (Å²) in [6.07, 6.45) is 5.70. The van der Waals surface area contributed by atoms with E-state index in [4.69, 9.17) is 5.73 Å². The minimum absolute atomic E-state index is 0.554. The zero-order valence-electron chi connectivity index (χ0n) is 10.4. The fraction of sp³-hybridized carbons (Fsp3) is 0.538.